The number of hydrogen-bond acceptors (Lipinski definition) is 5. The number of benzene rings is 3. The SMILES string of the molecule is CC(C)C(=O)Nc1ccc(Oc2c(Cl)cc(C(=O)NS(=O)(=O)c3ccccc3)cc2Cl)cc1Br. The Morgan fingerprint density at radius 3 is 2.15 bits per heavy atom. The van der Waals surface area contributed by atoms with E-state index in [4.69, 9.17) is 27.9 Å². The van der Waals surface area contributed by atoms with Gasteiger partial charge in [-0.15, -0.1) is 0 Å². The lowest BCUT2D eigenvalue weighted by Crippen LogP contribution is -2.30. The monoisotopic (exact) mass is 584 g/mol. The van der Waals surface area contributed by atoms with E-state index in [2.05, 4.69) is 21.2 Å². The molecule has 0 aliphatic heterocycles. The number of carbonyl (C=O) groups excluding carboxylic acids is 2. The third-order valence-electron chi connectivity index (χ3n) is 4.48. The molecule has 11 heteroatoms. The number of anilines is 1. The average Bonchev–Trinajstić information content (AvgIpc) is 2.78. The van der Waals surface area contributed by atoms with Crippen LogP contribution in [0.25, 0.3) is 0 Å². The van der Waals surface area contributed by atoms with Gasteiger partial charge in [-0.3, -0.25) is 9.59 Å². The van der Waals surface area contributed by atoms with E-state index < -0.39 is 15.9 Å². The molecule has 0 fully saturated rings. The van der Waals surface area contributed by atoms with Gasteiger partial charge in [0.05, 0.1) is 20.6 Å². The van der Waals surface area contributed by atoms with Gasteiger partial charge in [-0.1, -0.05) is 55.2 Å². The van der Waals surface area contributed by atoms with Crippen LogP contribution in [0, 0.1) is 5.92 Å². The Labute approximate surface area is 215 Å². The molecule has 0 radical (unpaired) electrons. The van der Waals surface area contributed by atoms with Gasteiger partial charge >= 0.3 is 0 Å². The molecule has 0 saturated carbocycles. The van der Waals surface area contributed by atoms with Gasteiger partial charge in [0, 0.05) is 16.0 Å². The minimum atomic E-state index is -4.07. The molecule has 7 nitrogen and oxygen atoms in total. The zero-order chi connectivity index (χ0) is 25.0. The van der Waals surface area contributed by atoms with Crippen LogP contribution in [0.5, 0.6) is 11.5 Å². The molecule has 2 amide bonds. The lowest BCUT2D eigenvalue weighted by molar-refractivity contribution is -0.118. The summed E-state index contributed by atoms with van der Waals surface area (Å²) in [5, 5.41) is 2.79. The standard InChI is InChI=1S/C23H19BrCl2N2O5S/c1-13(2)22(29)27-20-9-8-15(12-17(20)24)33-21-18(25)10-14(11-19(21)26)23(30)28-34(31,32)16-6-4-3-5-7-16/h3-13H,1-2H3,(H,27,29)(H,28,30). The van der Waals surface area contributed by atoms with E-state index in [0.717, 1.165) is 0 Å². The molecule has 34 heavy (non-hydrogen) atoms. The van der Waals surface area contributed by atoms with E-state index in [-0.39, 0.29) is 38.1 Å². The molecule has 0 aliphatic carbocycles. The van der Waals surface area contributed by atoms with Crippen LogP contribution < -0.4 is 14.8 Å². The normalized spacial score (nSPS) is 11.2. The van der Waals surface area contributed by atoms with Crippen LogP contribution in [-0.2, 0) is 14.8 Å². The van der Waals surface area contributed by atoms with Gasteiger partial charge in [-0.2, -0.15) is 0 Å². The first-order valence-corrected chi connectivity index (χ1v) is 12.9. The molecule has 178 valence electrons. The summed E-state index contributed by atoms with van der Waals surface area (Å²) in [5.74, 6) is -0.770. The van der Waals surface area contributed by atoms with Crippen LogP contribution in [0.1, 0.15) is 24.2 Å². The van der Waals surface area contributed by atoms with Crippen molar-refractivity contribution in [2.45, 2.75) is 18.7 Å². The topological polar surface area (TPSA) is 102 Å². The summed E-state index contributed by atoms with van der Waals surface area (Å²) in [4.78, 5) is 24.4. The maximum Gasteiger partial charge on any atom is 0.265 e. The number of rotatable bonds is 7. The highest BCUT2D eigenvalue weighted by molar-refractivity contribution is 9.10. The second-order valence-corrected chi connectivity index (χ2v) is 10.8. The van der Waals surface area contributed by atoms with E-state index in [1.807, 2.05) is 4.72 Å². The van der Waals surface area contributed by atoms with Crippen LogP contribution in [0.3, 0.4) is 0 Å². The minimum absolute atomic E-state index is 0.00284. The van der Waals surface area contributed by atoms with Crippen LogP contribution in [0.2, 0.25) is 10.0 Å². The van der Waals surface area contributed by atoms with E-state index in [1.54, 1.807) is 50.2 Å². The van der Waals surface area contributed by atoms with Gasteiger partial charge in [0.2, 0.25) is 5.91 Å². The van der Waals surface area contributed by atoms with Crippen LogP contribution >= 0.6 is 39.1 Å². The van der Waals surface area contributed by atoms with Crippen molar-refractivity contribution < 1.29 is 22.7 Å². The fourth-order valence-electron chi connectivity index (χ4n) is 2.68. The molecule has 0 unspecified atom stereocenters. The zero-order valence-electron chi connectivity index (χ0n) is 17.9. The predicted octanol–water partition coefficient (Wildman–Crippen LogP) is 6.26. The van der Waals surface area contributed by atoms with E-state index in [9.17, 15) is 18.0 Å². The smallest absolute Gasteiger partial charge is 0.265 e. The molecule has 0 spiro atoms. The van der Waals surface area contributed by atoms with Gasteiger partial charge in [-0.05, 0) is 58.4 Å². The number of carbonyl (C=O) groups is 2. The van der Waals surface area contributed by atoms with Crippen LogP contribution in [0.4, 0.5) is 5.69 Å². The molecule has 0 bridgehead atoms. The highest BCUT2D eigenvalue weighted by Crippen LogP contribution is 2.39. The summed E-state index contributed by atoms with van der Waals surface area (Å²) in [6, 6.07) is 14.9. The highest BCUT2D eigenvalue weighted by Gasteiger charge is 2.21. The Bertz CT molecular complexity index is 1330. The maximum atomic E-state index is 12.5. The molecule has 3 rings (SSSR count). The summed E-state index contributed by atoms with van der Waals surface area (Å²) in [6.45, 7) is 3.57. The van der Waals surface area contributed by atoms with E-state index in [0.29, 0.717) is 15.9 Å². The first-order valence-electron chi connectivity index (χ1n) is 9.87. The second-order valence-electron chi connectivity index (χ2n) is 7.40. The minimum Gasteiger partial charge on any atom is -0.454 e. The number of sulfonamides is 1. The Hall–Kier alpha value is -2.59. The Kier molecular flexibility index (Phi) is 8.25. The van der Waals surface area contributed by atoms with Crippen LogP contribution in [-0.4, -0.2) is 20.2 Å². The third kappa shape index (κ3) is 6.29. The quantitative estimate of drug-likeness (QED) is 0.341. The van der Waals surface area contributed by atoms with Crippen molar-refractivity contribution in [2.24, 2.45) is 5.92 Å². The van der Waals surface area contributed by atoms with Crippen molar-refractivity contribution >= 4 is 66.7 Å². The van der Waals surface area contributed by atoms with Gasteiger partial charge in [0.1, 0.15) is 5.75 Å². The predicted molar refractivity (Wildman–Crippen MR) is 135 cm³/mol. The lowest BCUT2D eigenvalue weighted by Gasteiger charge is -2.14. The van der Waals surface area contributed by atoms with Crippen LogP contribution in [0.15, 0.2) is 70.0 Å². The van der Waals surface area contributed by atoms with E-state index in [1.165, 1.54) is 24.3 Å². The van der Waals surface area contributed by atoms with E-state index >= 15 is 0 Å². The molecule has 0 atom stereocenters. The lowest BCUT2D eigenvalue weighted by atomic mass is 10.2. The van der Waals surface area contributed by atoms with Gasteiger partial charge in [-0.25, -0.2) is 13.1 Å². The van der Waals surface area contributed by atoms with Gasteiger partial charge in [0.15, 0.2) is 5.75 Å². The molecular formula is C23H19BrCl2N2O5S. The molecule has 0 saturated heterocycles. The number of amides is 2. The molecule has 0 aromatic heterocycles. The second kappa shape index (κ2) is 10.8. The van der Waals surface area contributed by atoms with Crippen molar-refractivity contribution in [1.82, 2.24) is 4.72 Å². The summed E-state index contributed by atoms with van der Waals surface area (Å²) in [7, 11) is -4.07. The summed E-state index contributed by atoms with van der Waals surface area (Å²) in [6.07, 6.45) is 0. The highest BCUT2D eigenvalue weighted by atomic mass is 79.9. The van der Waals surface area contributed by atoms with Crippen molar-refractivity contribution in [2.75, 3.05) is 5.32 Å². The molecular weight excluding hydrogens is 567 g/mol. The molecule has 0 heterocycles. The zero-order valence-corrected chi connectivity index (χ0v) is 21.8. The molecule has 2 N–H and O–H groups in total. The summed E-state index contributed by atoms with van der Waals surface area (Å²) >= 11 is 16.0. The van der Waals surface area contributed by atoms with Crippen molar-refractivity contribution in [3.63, 3.8) is 0 Å². The Morgan fingerprint density at radius 2 is 1.59 bits per heavy atom. The van der Waals surface area contributed by atoms with Crippen molar-refractivity contribution in [1.29, 1.82) is 0 Å². The van der Waals surface area contributed by atoms with Crippen molar-refractivity contribution in [3.05, 3.63) is 80.7 Å². The fraction of sp³-hybridized carbons (Fsp3) is 0.130. The van der Waals surface area contributed by atoms with Crippen molar-refractivity contribution in [3.8, 4) is 11.5 Å². The Balaban J connectivity index is 1.79. The summed E-state index contributed by atoms with van der Waals surface area (Å²) < 4.78 is 33.1. The average molecular weight is 586 g/mol. The van der Waals surface area contributed by atoms with Gasteiger partial charge in [0.25, 0.3) is 15.9 Å². The van der Waals surface area contributed by atoms with Gasteiger partial charge < -0.3 is 10.1 Å². The summed E-state index contributed by atoms with van der Waals surface area (Å²) in [5.41, 5.74) is 0.504. The number of halogens is 3. The Morgan fingerprint density at radius 1 is 0.971 bits per heavy atom. The molecule has 3 aromatic carbocycles. The number of hydrogen-bond donors (Lipinski definition) is 2. The number of ether oxygens (including phenoxy) is 1. The number of nitrogens with one attached hydrogen (secondary N) is 2. The largest absolute Gasteiger partial charge is 0.454 e. The fourth-order valence-corrected chi connectivity index (χ4v) is 4.70. The molecule has 0 aliphatic rings. The maximum absolute atomic E-state index is 12.5. The first-order chi connectivity index (χ1) is 16.0. The first kappa shape index (κ1) is 26.0. The third-order valence-corrected chi connectivity index (χ3v) is 7.05. The molecule has 3 aromatic rings.